The van der Waals surface area contributed by atoms with E-state index in [4.69, 9.17) is 4.42 Å². The number of hydrogen-bond acceptors (Lipinski definition) is 3. The highest BCUT2D eigenvalue weighted by atomic mass is 16.3. The van der Waals surface area contributed by atoms with Crippen LogP contribution in [-0.4, -0.2) is 11.0 Å². The van der Waals surface area contributed by atoms with Crippen molar-refractivity contribution in [2.45, 2.75) is 31.7 Å². The van der Waals surface area contributed by atoms with Crippen molar-refractivity contribution in [3.05, 3.63) is 36.9 Å². The Labute approximate surface area is 113 Å². The van der Waals surface area contributed by atoms with Gasteiger partial charge in [0.15, 0.2) is 12.2 Å². The third kappa shape index (κ3) is 2.37. The molecule has 2 saturated carbocycles. The Kier molecular flexibility index (Phi) is 2.57. The van der Waals surface area contributed by atoms with Gasteiger partial charge in [-0.3, -0.25) is 0 Å². The molecule has 1 aromatic carbocycles. The van der Waals surface area contributed by atoms with Crippen molar-refractivity contribution in [3.63, 3.8) is 0 Å². The summed E-state index contributed by atoms with van der Waals surface area (Å²) in [5, 5.41) is 3.74. The third-order valence-electron chi connectivity index (χ3n) is 4.17. The Hall–Kier alpha value is -1.77. The van der Waals surface area contributed by atoms with Gasteiger partial charge in [-0.05, 0) is 49.7 Å². The minimum atomic E-state index is 0.685. The molecule has 0 unspecified atom stereocenters. The van der Waals surface area contributed by atoms with Crippen LogP contribution in [0.4, 0.5) is 5.69 Å². The van der Waals surface area contributed by atoms with Gasteiger partial charge in [-0.15, -0.1) is 0 Å². The van der Waals surface area contributed by atoms with Crippen LogP contribution in [0.2, 0.25) is 0 Å². The normalized spacial score (nSPS) is 18.8. The number of nitrogens with zero attached hydrogens (tertiary/aromatic N) is 1. The van der Waals surface area contributed by atoms with Crippen molar-refractivity contribution >= 4 is 5.69 Å². The molecule has 3 heteroatoms. The first-order valence-corrected chi connectivity index (χ1v) is 7.15. The van der Waals surface area contributed by atoms with E-state index < -0.39 is 0 Å². The summed E-state index contributed by atoms with van der Waals surface area (Å²) in [4.78, 5) is 3.98. The van der Waals surface area contributed by atoms with Crippen molar-refractivity contribution in [1.82, 2.24) is 4.98 Å². The molecule has 0 aliphatic heterocycles. The molecule has 0 bridgehead atoms. The predicted octanol–water partition coefficient (Wildman–Crippen LogP) is 3.94. The van der Waals surface area contributed by atoms with Crippen LogP contribution in [0.25, 0.3) is 11.3 Å². The maximum atomic E-state index is 5.36. The summed E-state index contributed by atoms with van der Waals surface area (Å²) in [7, 11) is 0. The lowest BCUT2D eigenvalue weighted by atomic mass is 10.1. The second-order valence-electron chi connectivity index (χ2n) is 5.79. The van der Waals surface area contributed by atoms with Gasteiger partial charge in [0.2, 0.25) is 0 Å². The molecule has 1 aromatic heterocycles. The Bertz CT molecular complexity index is 544. The number of anilines is 1. The third-order valence-corrected chi connectivity index (χ3v) is 4.17. The summed E-state index contributed by atoms with van der Waals surface area (Å²) in [6, 6.07) is 9.15. The average molecular weight is 254 g/mol. The molecule has 3 nitrogen and oxygen atoms in total. The van der Waals surface area contributed by atoms with Crippen molar-refractivity contribution in [2.24, 2.45) is 11.8 Å². The molecule has 1 N–H and O–H groups in total. The summed E-state index contributed by atoms with van der Waals surface area (Å²) >= 11 is 0. The summed E-state index contributed by atoms with van der Waals surface area (Å²) in [6.45, 7) is 0. The highest BCUT2D eigenvalue weighted by Crippen LogP contribution is 2.46. The first kappa shape index (κ1) is 11.1. The molecule has 0 amide bonds. The minimum absolute atomic E-state index is 0.685. The Morgan fingerprint density at radius 2 is 1.95 bits per heavy atom. The Balaban J connectivity index is 1.55. The first-order valence-electron chi connectivity index (χ1n) is 7.15. The van der Waals surface area contributed by atoms with Gasteiger partial charge in [0.05, 0.1) is 6.20 Å². The van der Waals surface area contributed by atoms with Crippen LogP contribution < -0.4 is 5.32 Å². The number of oxazole rings is 1. The van der Waals surface area contributed by atoms with Gasteiger partial charge in [-0.2, -0.15) is 0 Å². The largest absolute Gasteiger partial charge is 0.444 e. The second kappa shape index (κ2) is 4.41. The fourth-order valence-corrected chi connectivity index (χ4v) is 2.84. The van der Waals surface area contributed by atoms with Crippen LogP contribution in [0.3, 0.4) is 0 Å². The van der Waals surface area contributed by atoms with E-state index >= 15 is 0 Å². The maximum absolute atomic E-state index is 5.36. The highest BCUT2D eigenvalue weighted by molar-refractivity contribution is 5.63. The molecule has 2 aliphatic rings. The zero-order chi connectivity index (χ0) is 12.7. The van der Waals surface area contributed by atoms with Crippen LogP contribution in [0, 0.1) is 11.8 Å². The maximum Gasteiger partial charge on any atom is 0.181 e. The molecule has 2 aliphatic carbocycles. The van der Waals surface area contributed by atoms with E-state index in [2.05, 4.69) is 34.6 Å². The van der Waals surface area contributed by atoms with Crippen LogP contribution in [0.1, 0.15) is 25.7 Å². The lowest BCUT2D eigenvalue weighted by Crippen LogP contribution is -2.24. The zero-order valence-corrected chi connectivity index (χ0v) is 10.9. The van der Waals surface area contributed by atoms with Crippen LogP contribution in [-0.2, 0) is 0 Å². The van der Waals surface area contributed by atoms with Crippen molar-refractivity contribution in [2.75, 3.05) is 5.32 Å². The summed E-state index contributed by atoms with van der Waals surface area (Å²) in [5.41, 5.74) is 2.30. The fourth-order valence-electron chi connectivity index (χ4n) is 2.84. The molecule has 0 saturated heterocycles. The summed E-state index contributed by atoms with van der Waals surface area (Å²) < 4.78 is 5.36. The number of hydrogen-bond donors (Lipinski definition) is 1. The van der Waals surface area contributed by atoms with Crippen molar-refractivity contribution in [1.29, 1.82) is 0 Å². The summed E-state index contributed by atoms with van der Waals surface area (Å²) in [5.74, 6) is 2.64. The van der Waals surface area contributed by atoms with Gasteiger partial charge >= 0.3 is 0 Å². The van der Waals surface area contributed by atoms with E-state index in [1.54, 1.807) is 6.20 Å². The topological polar surface area (TPSA) is 38.1 Å². The smallest absolute Gasteiger partial charge is 0.181 e. The minimum Gasteiger partial charge on any atom is -0.444 e. The molecule has 2 fully saturated rings. The number of benzene rings is 1. The molecular weight excluding hydrogens is 236 g/mol. The molecule has 98 valence electrons. The van der Waals surface area contributed by atoms with Gasteiger partial charge in [0, 0.05) is 17.3 Å². The van der Waals surface area contributed by atoms with Gasteiger partial charge in [0.25, 0.3) is 0 Å². The zero-order valence-electron chi connectivity index (χ0n) is 10.9. The standard InChI is InChI=1S/C16H18N2O/c1-2-13(15-9-17-10-19-15)8-14(3-1)18-16(11-4-5-11)12-6-7-12/h1-3,8-12,16,18H,4-7H2. The fraction of sp³-hybridized carbons (Fsp3) is 0.438. The van der Waals surface area contributed by atoms with E-state index in [0.717, 1.165) is 23.2 Å². The molecular formula is C16H18N2O. The Morgan fingerprint density at radius 3 is 2.58 bits per heavy atom. The van der Waals surface area contributed by atoms with Gasteiger partial charge < -0.3 is 9.73 Å². The molecule has 1 heterocycles. The molecule has 19 heavy (non-hydrogen) atoms. The number of aromatic nitrogens is 1. The first-order chi connectivity index (χ1) is 9.40. The molecule has 4 rings (SSSR count). The van der Waals surface area contributed by atoms with Gasteiger partial charge in [-0.25, -0.2) is 4.98 Å². The Morgan fingerprint density at radius 1 is 1.16 bits per heavy atom. The lowest BCUT2D eigenvalue weighted by Gasteiger charge is -2.19. The van der Waals surface area contributed by atoms with Crippen LogP contribution in [0.5, 0.6) is 0 Å². The van der Waals surface area contributed by atoms with E-state index in [-0.39, 0.29) is 0 Å². The van der Waals surface area contributed by atoms with Crippen molar-refractivity contribution in [3.8, 4) is 11.3 Å². The number of rotatable bonds is 5. The monoisotopic (exact) mass is 254 g/mol. The SMILES string of the molecule is c1cc(NC(C2CC2)C2CC2)cc(-c2cnco2)c1. The average Bonchev–Trinajstić information content (AvgIpc) is 3.36. The van der Waals surface area contributed by atoms with Gasteiger partial charge in [-0.1, -0.05) is 12.1 Å². The quantitative estimate of drug-likeness (QED) is 0.878. The predicted molar refractivity (Wildman–Crippen MR) is 74.8 cm³/mol. The molecule has 0 atom stereocenters. The van der Waals surface area contributed by atoms with Gasteiger partial charge in [0.1, 0.15) is 0 Å². The van der Waals surface area contributed by atoms with E-state index in [1.807, 2.05) is 0 Å². The molecule has 0 radical (unpaired) electrons. The van der Waals surface area contributed by atoms with Crippen LogP contribution in [0.15, 0.2) is 41.3 Å². The van der Waals surface area contributed by atoms with E-state index in [0.29, 0.717) is 6.04 Å². The highest BCUT2D eigenvalue weighted by Gasteiger charge is 2.41. The number of nitrogens with one attached hydrogen (secondary N) is 1. The van der Waals surface area contributed by atoms with E-state index in [9.17, 15) is 0 Å². The second-order valence-corrected chi connectivity index (χ2v) is 5.79. The lowest BCUT2D eigenvalue weighted by molar-refractivity contribution is 0.567. The van der Waals surface area contributed by atoms with E-state index in [1.165, 1.54) is 37.8 Å². The van der Waals surface area contributed by atoms with Crippen molar-refractivity contribution < 1.29 is 4.42 Å². The molecule has 2 aromatic rings. The molecule has 0 spiro atoms. The van der Waals surface area contributed by atoms with Crippen LogP contribution >= 0.6 is 0 Å². The summed E-state index contributed by atoms with van der Waals surface area (Å²) in [6.07, 6.45) is 8.84.